The van der Waals surface area contributed by atoms with Crippen LogP contribution in [0.4, 0.5) is 0 Å². The molecule has 6 fully saturated rings. The summed E-state index contributed by atoms with van der Waals surface area (Å²) in [7, 11) is 9.78. The van der Waals surface area contributed by atoms with E-state index in [1.165, 1.54) is 63.9 Å². The predicted molar refractivity (Wildman–Crippen MR) is 139 cm³/mol. The summed E-state index contributed by atoms with van der Waals surface area (Å²) >= 11 is -0.556. The van der Waals surface area contributed by atoms with Crippen molar-refractivity contribution in [1.82, 2.24) is 0 Å². The van der Waals surface area contributed by atoms with Crippen molar-refractivity contribution in [2.75, 3.05) is 0 Å². The summed E-state index contributed by atoms with van der Waals surface area (Å²) in [6.07, 6.45) is 17.9. The summed E-state index contributed by atoms with van der Waals surface area (Å²) in [5.41, 5.74) is 1.30. The van der Waals surface area contributed by atoms with Crippen molar-refractivity contribution < 1.29 is 21.8 Å². The second-order valence-corrected chi connectivity index (χ2v) is 15.9. The summed E-state index contributed by atoms with van der Waals surface area (Å²) in [6.45, 7) is 17.2. The first-order valence-corrected chi connectivity index (χ1v) is 18.2. The van der Waals surface area contributed by atoms with Crippen LogP contribution in [0.3, 0.4) is 0 Å². The van der Waals surface area contributed by atoms with Crippen molar-refractivity contribution >= 4 is 18.6 Å². The Morgan fingerprint density at radius 3 is 2.18 bits per heavy atom. The zero-order valence-corrected chi connectivity index (χ0v) is 25.5. The van der Waals surface area contributed by atoms with Gasteiger partial charge in [0.05, 0.1) is 6.10 Å². The van der Waals surface area contributed by atoms with E-state index >= 15 is 0 Å². The quantitative estimate of drug-likeness (QED) is 0.328. The van der Waals surface area contributed by atoms with Gasteiger partial charge >= 0.3 is 35.6 Å². The summed E-state index contributed by atoms with van der Waals surface area (Å²) in [5.74, 6) is 6.64. The van der Waals surface area contributed by atoms with Crippen LogP contribution in [0.2, 0.25) is 0 Å². The molecule has 6 rings (SSSR count). The van der Waals surface area contributed by atoms with Crippen molar-refractivity contribution in [3.8, 4) is 0 Å². The van der Waals surface area contributed by atoms with E-state index in [-0.39, 0.29) is 0 Å². The molecule has 7 atom stereocenters. The number of hydrogen-bond donors (Lipinski definition) is 0. The van der Waals surface area contributed by atoms with Gasteiger partial charge in [0.2, 0.25) is 0 Å². The van der Waals surface area contributed by atoms with Gasteiger partial charge in [0, 0.05) is 0 Å². The van der Waals surface area contributed by atoms with E-state index in [0.29, 0.717) is 16.9 Å². The normalized spacial score (nSPS) is 40.6. The molecule has 6 saturated carbocycles. The number of hydrogen-bond acceptors (Lipinski definition) is 1. The molecule has 4 unspecified atom stereocenters. The molecule has 0 N–H and O–H groups in total. The first kappa shape index (κ1) is 28.8. The first-order chi connectivity index (χ1) is 15.5. The number of halogens is 2. The Hall–Kier alpha value is 1.25. The third-order valence-electron chi connectivity index (χ3n) is 10.5. The molecule has 0 spiro atoms. The maximum absolute atomic E-state index is 6.26. The summed E-state index contributed by atoms with van der Waals surface area (Å²) in [6, 6.07) is 0. The molecular weight excluding hydrogens is 483 g/mol. The molecule has 4 heteroatoms. The van der Waals surface area contributed by atoms with E-state index in [1.807, 2.05) is 0 Å². The Kier molecular flexibility index (Phi) is 10.7. The van der Waals surface area contributed by atoms with Gasteiger partial charge in [0.1, 0.15) is 6.10 Å². The molecule has 0 saturated heterocycles. The van der Waals surface area contributed by atoms with Crippen molar-refractivity contribution in [2.45, 2.75) is 119 Å². The van der Waals surface area contributed by atoms with Crippen LogP contribution in [0.25, 0.3) is 0 Å². The van der Waals surface area contributed by atoms with Crippen LogP contribution < -0.4 is 0 Å². The molecule has 0 aliphatic heterocycles. The van der Waals surface area contributed by atoms with Gasteiger partial charge in [-0.25, -0.2) is 0 Å². The molecule has 2 bridgehead atoms. The standard InChI is InChI=1S/C15H26O.C14H24.2ClH.Ti/c1-11(2)14-9-8-12(3)10-15(14)16-13-6-4-5-7-13;1-13(2)10-7-5-6-9(10)11-8-12(13)14(11,3)4;;;/h6,11-12,14-15H,4-5,7-10H2,1-3H3;9-12H,5-8H2,1-4H3;2*1H;/q;;;;+2/p-2/t12-,14+,15+;;;;/m1..../s1. The van der Waals surface area contributed by atoms with Gasteiger partial charge in [-0.3, -0.25) is 0 Å². The SMILES string of the molecule is CC(C)[C@@H]1CC[C@@H](C)C[C@@H]1O[C]1[CH]CCC1.CC1(C)C2CCCC2C2CC1C2(C)C.[Cl][Ti][Cl]. The Bertz CT molecular complexity index is 596. The Morgan fingerprint density at radius 1 is 0.939 bits per heavy atom. The molecule has 6 aliphatic rings. The number of rotatable bonds is 3. The monoisotopic (exact) mass is 532 g/mol. The van der Waals surface area contributed by atoms with Gasteiger partial charge < -0.3 is 4.74 Å². The fourth-order valence-electron chi connectivity index (χ4n) is 8.79. The van der Waals surface area contributed by atoms with Gasteiger partial charge in [0.15, 0.2) is 0 Å². The van der Waals surface area contributed by atoms with Gasteiger partial charge in [-0.1, -0.05) is 67.7 Å². The van der Waals surface area contributed by atoms with E-state index in [0.717, 1.165) is 41.4 Å². The van der Waals surface area contributed by atoms with E-state index in [1.54, 1.807) is 6.42 Å². The first-order valence-electron chi connectivity index (χ1n) is 13.9. The molecule has 0 aromatic rings. The van der Waals surface area contributed by atoms with Crippen LogP contribution >= 0.6 is 18.6 Å². The van der Waals surface area contributed by atoms with Crippen molar-refractivity contribution in [2.24, 2.45) is 52.3 Å². The van der Waals surface area contributed by atoms with Crippen LogP contribution in [0, 0.1) is 64.8 Å². The fourth-order valence-corrected chi connectivity index (χ4v) is 8.79. The summed E-state index contributed by atoms with van der Waals surface area (Å²) < 4.78 is 6.26. The molecule has 2 radical (unpaired) electrons. The maximum atomic E-state index is 6.26. The minimum absolute atomic E-state index is 0.494. The van der Waals surface area contributed by atoms with E-state index in [4.69, 9.17) is 23.3 Å². The zero-order valence-electron chi connectivity index (χ0n) is 22.4. The molecule has 0 heterocycles. The average Bonchev–Trinajstić information content (AvgIpc) is 3.40. The Labute approximate surface area is 222 Å². The average molecular weight is 533 g/mol. The second-order valence-electron chi connectivity index (χ2n) is 13.4. The molecule has 0 aromatic carbocycles. The van der Waals surface area contributed by atoms with Crippen LogP contribution in [-0.2, 0) is 21.8 Å². The second kappa shape index (κ2) is 12.2. The van der Waals surface area contributed by atoms with Crippen LogP contribution in [0.1, 0.15) is 113 Å². The molecule has 33 heavy (non-hydrogen) atoms. The van der Waals surface area contributed by atoms with Crippen molar-refractivity contribution in [3.05, 3.63) is 12.5 Å². The van der Waals surface area contributed by atoms with Crippen molar-refractivity contribution in [1.29, 1.82) is 0 Å². The van der Waals surface area contributed by atoms with E-state index in [2.05, 4.69) is 54.9 Å². The predicted octanol–water partition coefficient (Wildman–Crippen LogP) is 9.87. The Morgan fingerprint density at radius 2 is 1.61 bits per heavy atom. The molecule has 6 aliphatic carbocycles. The molecule has 190 valence electrons. The van der Waals surface area contributed by atoms with E-state index < -0.39 is 17.0 Å². The van der Waals surface area contributed by atoms with Crippen LogP contribution in [-0.4, -0.2) is 6.10 Å². The molecular formula is C29H50Cl2OTi. The van der Waals surface area contributed by atoms with Gasteiger partial charge in [-0.05, 0) is 104 Å². The zero-order chi connectivity index (χ0) is 24.4. The molecule has 0 aromatic heterocycles. The van der Waals surface area contributed by atoms with Crippen molar-refractivity contribution in [3.63, 3.8) is 0 Å². The fraction of sp³-hybridized carbons (Fsp3) is 0.931. The summed E-state index contributed by atoms with van der Waals surface area (Å²) in [5, 5.41) is 0. The van der Waals surface area contributed by atoms with Gasteiger partial charge in [0.25, 0.3) is 0 Å². The van der Waals surface area contributed by atoms with E-state index in [9.17, 15) is 0 Å². The topological polar surface area (TPSA) is 9.23 Å². The van der Waals surface area contributed by atoms with Gasteiger partial charge in [-0.15, -0.1) is 0 Å². The van der Waals surface area contributed by atoms with Gasteiger partial charge in [-0.2, -0.15) is 0 Å². The summed E-state index contributed by atoms with van der Waals surface area (Å²) in [4.78, 5) is 0. The minimum atomic E-state index is -0.556. The number of ether oxygens (including phenoxy) is 1. The van der Waals surface area contributed by atoms with Crippen LogP contribution in [0.15, 0.2) is 0 Å². The molecule has 1 nitrogen and oxygen atoms in total. The Balaban J connectivity index is 0.000000167. The van der Waals surface area contributed by atoms with Crippen LogP contribution in [0.5, 0.6) is 0 Å². The molecule has 0 amide bonds. The third kappa shape index (κ3) is 6.40. The third-order valence-corrected chi connectivity index (χ3v) is 10.5.